The maximum Gasteiger partial charge on any atom is 0.213 e. The first-order valence-corrected chi connectivity index (χ1v) is 2.99. The molecule has 0 aliphatic carbocycles. The van der Waals surface area contributed by atoms with Crippen LogP contribution < -0.4 is 4.74 Å². The van der Waals surface area contributed by atoms with Crippen molar-refractivity contribution in [3.05, 3.63) is 37.1 Å². The topological polar surface area (TPSA) is 22.1 Å². The van der Waals surface area contributed by atoms with Gasteiger partial charge in [-0.1, -0.05) is 12.7 Å². The lowest BCUT2D eigenvalue weighted by molar-refractivity contribution is 0.349. The van der Waals surface area contributed by atoms with E-state index in [0.717, 1.165) is 0 Å². The van der Waals surface area contributed by atoms with Crippen LogP contribution in [0.3, 0.4) is 0 Å². The Labute approximate surface area is 60.2 Å². The zero-order valence-electron chi connectivity index (χ0n) is 5.58. The van der Waals surface area contributed by atoms with Crippen molar-refractivity contribution in [1.82, 2.24) is 4.98 Å². The fourth-order valence-electron chi connectivity index (χ4n) is 0.536. The number of rotatable bonds is 3. The molecule has 0 amide bonds. The molecule has 2 heteroatoms. The molecule has 0 saturated heterocycles. The van der Waals surface area contributed by atoms with E-state index in [9.17, 15) is 0 Å². The van der Waals surface area contributed by atoms with E-state index in [1.54, 1.807) is 24.4 Å². The van der Waals surface area contributed by atoms with E-state index >= 15 is 0 Å². The Morgan fingerprint density at radius 3 is 3.30 bits per heavy atom. The molecule has 0 saturated carbocycles. The highest BCUT2D eigenvalue weighted by atomic mass is 16.5. The summed E-state index contributed by atoms with van der Waals surface area (Å²) in [5.74, 6) is 0.610. The summed E-state index contributed by atoms with van der Waals surface area (Å²) in [6.07, 6.45) is 3.25. The van der Waals surface area contributed by atoms with E-state index < -0.39 is 0 Å². The van der Waals surface area contributed by atoms with Crippen molar-refractivity contribution in [2.24, 2.45) is 0 Å². The lowest BCUT2D eigenvalue weighted by Crippen LogP contribution is -1.93. The third-order valence-electron chi connectivity index (χ3n) is 0.938. The van der Waals surface area contributed by atoms with Crippen LogP contribution in [0.15, 0.2) is 31.0 Å². The first-order chi connectivity index (χ1) is 4.93. The monoisotopic (exact) mass is 134 g/mol. The van der Waals surface area contributed by atoms with Crippen LogP contribution in [-0.4, -0.2) is 11.6 Å². The van der Waals surface area contributed by atoms with Gasteiger partial charge in [-0.15, -0.1) is 0 Å². The second kappa shape index (κ2) is 3.67. The number of pyridine rings is 1. The summed E-state index contributed by atoms with van der Waals surface area (Å²) in [5, 5.41) is 0. The smallest absolute Gasteiger partial charge is 0.213 e. The SMILES string of the molecule is C=CCOc1cc[c]cn1. The summed E-state index contributed by atoms with van der Waals surface area (Å²) >= 11 is 0. The Morgan fingerprint density at radius 1 is 1.80 bits per heavy atom. The van der Waals surface area contributed by atoms with Crippen molar-refractivity contribution < 1.29 is 4.74 Å². The summed E-state index contributed by atoms with van der Waals surface area (Å²) in [5.41, 5.74) is 0. The fraction of sp³-hybridized carbons (Fsp3) is 0.125. The van der Waals surface area contributed by atoms with Crippen LogP contribution >= 0.6 is 0 Å². The van der Waals surface area contributed by atoms with Crippen LogP contribution in [0.5, 0.6) is 5.88 Å². The standard InChI is InChI=1S/C8H8NO/c1-2-7-10-8-5-3-4-6-9-8/h2-3,5-6H,1,7H2. The van der Waals surface area contributed by atoms with Gasteiger partial charge in [0, 0.05) is 18.3 Å². The highest BCUT2D eigenvalue weighted by Gasteiger charge is 1.87. The highest BCUT2D eigenvalue weighted by molar-refractivity contribution is 5.08. The van der Waals surface area contributed by atoms with E-state index in [-0.39, 0.29) is 0 Å². The molecule has 0 aliphatic heterocycles. The average Bonchev–Trinajstić information content (AvgIpc) is 2.03. The minimum Gasteiger partial charge on any atom is -0.473 e. The summed E-state index contributed by atoms with van der Waals surface area (Å²) < 4.78 is 5.11. The van der Waals surface area contributed by atoms with Gasteiger partial charge in [-0.2, -0.15) is 0 Å². The molecular formula is C8H8NO. The van der Waals surface area contributed by atoms with Crippen LogP contribution in [0.1, 0.15) is 0 Å². The van der Waals surface area contributed by atoms with Crippen LogP contribution in [0.4, 0.5) is 0 Å². The first-order valence-electron chi connectivity index (χ1n) is 2.99. The summed E-state index contributed by atoms with van der Waals surface area (Å²) in [7, 11) is 0. The minimum atomic E-state index is 0.497. The van der Waals surface area contributed by atoms with Gasteiger partial charge >= 0.3 is 0 Å². The second-order valence-corrected chi connectivity index (χ2v) is 1.70. The molecule has 0 fully saturated rings. The maximum atomic E-state index is 5.11. The van der Waals surface area contributed by atoms with E-state index in [1.165, 1.54) is 0 Å². The van der Waals surface area contributed by atoms with Crippen LogP contribution in [0.25, 0.3) is 0 Å². The normalized spacial score (nSPS) is 8.80. The quantitative estimate of drug-likeness (QED) is 0.583. The number of hydrogen-bond acceptors (Lipinski definition) is 2. The summed E-state index contributed by atoms with van der Waals surface area (Å²) in [6.45, 7) is 4.01. The predicted octanol–water partition coefficient (Wildman–Crippen LogP) is 1.45. The fourth-order valence-corrected chi connectivity index (χ4v) is 0.536. The molecule has 0 aliphatic rings. The molecule has 0 spiro atoms. The van der Waals surface area contributed by atoms with Crippen LogP contribution in [-0.2, 0) is 0 Å². The number of hydrogen-bond donors (Lipinski definition) is 0. The average molecular weight is 134 g/mol. The Balaban J connectivity index is 2.50. The van der Waals surface area contributed by atoms with Crippen molar-refractivity contribution in [2.45, 2.75) is 0 Å². The number of nitrogens with zero attached hydrogens (tertiary/aromatic N) is 1. The Morgan fingerprint density at radius 2 is 2.70 bits per heavy atom. The molecule has 51 valence electrons. The summed E-state index contributed by atoms with van der Waals surface area (Å²) in [4.78, 5) is 3.89. The Bertz CT molecular complexity index is 196. The molecule has 0 aromatic carbocycles. The number of ether oxygens (including phenoxy) is 1. The highest BCUT2D eigenvalue weighted by Crippen LogP contribution is 2.01. The zero-order valence-corrected chi connectivity index (χ0v) is 5.58. The molecule has 0 unspecified atom stereocenters. The Kier molecular flexibility index (Phi) is 2.49. The molecule has 1 aromatic heterocycles. The van der Waals surface area contributed by atoms with Gasteiger partial charge in [0.15, 0.2) is 0 Å². The zero-order chi connectivity index (χ0) is 7.23. The number of aromatic nitrogens is 1. The molecule has 1 aromatic rings. The largest absolute Gasteiger partial charge is 0.473 e. The molecular weight excluding hydrogens is 126 g/mol. The third-order valence-corrected chi connectivity index (χ3v) is 0.938. The molecule has 1 rings (SSSR count). The van der Waals surface area contributed by atoms with Gasteiger partial charge in [-0.25, -0.2) is 4.98 Å². The third kappa shape index (κ3) is 1.90. The maximum absolute atomic E-state index is 5.11. The van der Waals surface area contributed by atoms with E-state index in [1.807, 2.05) is 0 Å². The molecule has 1 radical (unpaired) electrons. The van der Waals surface area contributed by atoms with E-state index in [4.69, 9.17) is 4.74 Å². The Hall–Kier alpha value is -1.31. The molecule has 2 nitrogen and oxygen atoms in total. The van der Waals surface area contributed by atoms with Crippen molar-refractivity contribution in [3.8, 4) is 5.88 Å². The molecule has 0 atom stereocenters. The molecule has 10 heavy (non-hydrogen) atoms. The van der Waals surface area contributed by atoms with Gasteiger partial charge in [0.2, 0.25) is 5.88 Å². The van der Waals surface area contributed by atoms with E-state index in [2.05, 4.69) is 17.6 Å². The predicted molar refractivity (Wildman–Crippen MR) is 38.8 cm³/mol. The lowest BCUT2D eigenvalue weighted by Gasteiger charge is -1.98. The van der Waals surface area contributed by atoms with Gasteiger partial charge < -0.3 is 4.74 Å². The van der Waals surface area contributed by atoms with Gasteiger partial charge in [0.05, 0.1) is 0 Å². The lowest BCUT2D eigenvalue weighted by atomic mass is 10.5. The van der Waals surface area contributed by atoms with Gasteiger partial charge in [0.1, 0.15) is 6.61 Å². The molecule has 0 bridgehead atoms. The van der Waals surface area contributed by atoms with Crippen molar-refractivity contribution in [3.63, 3.8) is 0 Å². The van der Waals surface area contributed by atoms with Crippen molar-refractivity contribution in [1.29, 1.82) is 0 Å². The van der Waals surface area contributed by atoms with Gasteiger partial charge in [-0.05, 0) is 6.07 Å². The van der Waals surface area contributed by atoms with E-state index in [0.29, 0.717) is 12.5 Å². The van der Waals surface area contributed by atoms with Crippen molar-refractivity contribution in [2.75, 3.05) is 6.61 Å². The first kappa shape index (κ1) is 6.81. The molecule has 0 N–H and O–H groups in total. The summed E-state index contributed by atoms with van der Waals surface area (Å²) in [6, 6.07) is 6.30. The van der Waals surface area contributed by atoms with Crippen LogP contribution in [0, 0.1) is 6.07 Å². The van der Waals surface area contributed by atoms with Crippen LogP contribution in [0.2, 0.25) is 0 Å². The minimum absolute atomic E-state index is 0.497. The molecule has 1 heterocycles. The second-order valence-electron chi connectivity index (χ2n) is 1.70. The van der Waals surface area contributed by atoms with Crippen molar-refractivity contribution >= 4 is 0 Å². The van der Waals surface area contributed by atoms with Gasteiger partial charge in [-0.3, -0.25) is 0 Å². The van der Waals surface area contributed by atoms with Gasteiger partial charge in [0.25, 0.3) is 0 Å².